The Morgan fingerprint density at radius 1 is 1.82 bits per heavy atom. The SMILES string of the molecule is CCC1C/C(=C\C#N)CCO1. The zero-order valence-electron chi connectivity index (χ0n) is 6.84. The monoisotopic (exact) mass is 151 g/mol. The maximum absolute atomic E-state index is 8.41. The Bertz CT molecular complexity index is 190. The van der Waals surface area contributed by atoms with Crippen LogP contribution in [0.5, 0.6) is 0 Å². The molecule has 2 nitrogen and oxygen atoms in total. The Labute approximate surface area is 67.5 Å². The third-order valence-electron chi connectivity index (χ3n) is 1.99. The fourth-order valence-electron chi connectivity index (χ4n) is 1.29. The second-order valence-corrected chi connectivity index (χ2v) is 2.79. The lowest BCUT2D eigenvalue weighted by molar-refractivity contribution is 0.0338. The van der Waals surface area contributed by atoms with Crippen LogP contribution < -0.4 is 0 Å². The molecule has 0 radical (unpaired) electrons. The second-order valence-electron chi connectivity index (χ2n) is 2.79. The van der Waals surface area contributed by atoms with Crippen LogP contribution >= 0.6 is 0 Å². The smallest absolute Gasteiger partial charge is 0.0911 e. The number of rotatable bonds is 1. The van der Waals surface area contributed by atoms with Gasteiger partial charge in [-0.3, -0.25) is 0 Å². The van der Waals surface area contributed by atoms with Gasteiger partial charge in [0.05, 0.1) is 18.8 Å². The van der Waals surface area contributed by atoms with Gasteiger partial charge in [-0.05, 0) is 19.3 Å². The molecule has 1 saturated heterocycles. The van der Waals surface area contributed by atoms with Crippen molar-refractivity contribution in [3.63, 3.8) is 0 Å². The van der Waals surface area contributed by atoms with Gasteiger partial charge in [-0.2, -0.15) is 5.26 Å². The molecule has 0 saturated carbocycles. The Morgan fingerprint density at radius 2 is 2.64 bits per heavy atom. The molecule has 0 bridgehead atoms. The first-order valence-corrected chi connectivity index (χ1v) is 4.06. The van der Waals surface area contributed by atoms with E-state index in [1.165, 1.54) is 5.57 Å². The predicted molar refractivity (Wildman–Crippen MR) is 43.0 cm³/mol. The molecule has 11 heavy (non-hydrogen) atoms. The van der Waals surface area contributed by atoms with Crippen molar-refractivity contribution in [2.24, 2.45) is 0 Å². The molecule has 1 rings (SSSR count). The zero-order valence-corrected chi connectivity index (χ0v) is 6.84. The standard InChI is InChI=1S/C9H13NO/c1-2-9-7-8(3-5-10)4-6-11-9/h3,9H,2,4,6-7H2,1H3/b8-3-. The van der Waals surface area contributed by atoms with Gasteiger partial charge in [-0.15, -0.1) is 0 Å². The Kier molecular flexibility index (Phi) is 3.13. The van der Waals surface area contributed by atoms with E-state index >= 15 is 0 Å². The molecule has 1 aliphatic heterocycles. The minimum Gasteiger partial charge on any atom is -0.378 e. The van der Waals surface area contributed by atoms with E-state index < -0.39 is 0 Å². The summed E-state index contributed by atoms with van der Waals surface area (Å²) in [4.78, 5) is 0. The lowest BCUT2D eigenvalue weighted by Gasteiger charge is -2.23. The molecular weight excluding hydrogens is 138 g/mol. The van der Waals surface area contributed by atoms with E-state index in [0.717, 1.165) is 25.9 Å². The first-order chi connectivity index (χ1) is 5.36. The minimum atomic E-state index is 0.350. The summed E-state index contributed by atoms with van der Waals surface area (Å²) in [6.45, 7) is 2.89. The van der Waals surface area contributed by atoms with Crippen LogP contribution in [0.4, 0.5) is 0 Å². The lowest BCUT2D eigenvalue weighted by Crippen LogP contribution is -2.19. The molecule has 0 aromatic carbocycles. The van der Waals surface area contributed by atoms with Crippen LogP contribution in [0, 0.1) is 11.3 Å². The third-order valence-corrected chi connectivity index (χ3v) is 1.99. The highest BCUT2D eigenvalue weighted by atomic mass is 16.5. The van der Waals surface area contributed by atoms with Crippen LogP contribution in [0.1, 0.15) is 26.2 Å². The second kappa shape index (κ2) is 4.15. The summed E-state index contributed by atoms with van der Waals surface area (Å²) in [5.41, 5.74) is 1.24. The highest BCUT2D eigenvalue weighted by molar-refractivity contribution is 5.15. The van der Waals surface area contributed by atoms with Gasteiger partial charge in [0.1, 0.15) is 0 Å². The first-order valence-electron chi connectivity index (χ1n) is 4.06. The molecule has 60 valence electrons. The molecule has 0 amide bonds. The lowest BCUT2D eigenvalue weighted by atomic mass is 10.0. The van der Waals surface area contributed by atoms with E-state index in [2.05, 4.69) is 13.0 Å². The molecule has 0 N–H and O–H groups in total. The van der Waals surface area contributed by atoms with E-state index in [1.807, 2.05) is 0 Å². The molecule has 1 atom stereocenters. The van der Waals surface area contributed by atoms with Crippen LogP contribution in [0.15, 0.2) is 11.6 Å². The first kappa shape index (κ1) is 8.29. The normalized spacial score (nSPS) is 28.4. The van der Waals surface area contributed by atoms with Crippen LogP contribution in [0.2, 0.25) is 0 Å². The molecule has 1 fully saturated rings. The van der Waals surface area contributed by atoms with E-state index in [-0.39, 0.29) is 0 Å². The summed E-state index contributed by atoms with van der Waals surface area (Å²) in [6.07, 6.45) is 4.94. The predicted octanol–water partition coefficient (Wildman–Crippen LogP) is 2.03. The van der Waals surface area contributed by atoms with Crippen molar-refractivity contribution in [1.82, 2.24) is 0 Å². The highest BCUT2D eigenvalue weighted by Gasteiger charge is 2.14. The number of hydrogen-bond donors (Lipinski definition) is 0. The van der Waals surface area contributed by atoms with Crippen LogP contribution in [0.3, 0.4) is 0 Å². The van der Waals surface area contributed by atoms with Gasteiger partial charge in [0.2, 0.25) is 0 Å². The fraction of sp³-hybridized carbons (Fsp3) is 0.667. The Hall–Kier alpha value is -0.810. The fourth-order valence-corrected chi connectivity index (χ4v) is 1.29. The summed E-state index contributed by atoms with van der Waals surface area (Å²) in [5, 5.41) is 8.41. The van der Waals surface area contributed by atoms with Crippen LogP contribution in [-0.2, 0) is 4.74 Å². The maximum Gasteiger partial charge on any atom is 0.0911 e. The van der Waals surface area contributed by atoms with Crippen molar-refractivity contribution < 1.29 is 4.74 Å². The summed E-state index contributed by atoms with van der Waals surface area (Å²) in [7, 11) is 0. The number of hydrogen-bond acceptors (Lipinski definition) is 2. The third kappa shape index (κ3) is 2.36. The number of ether oxygens (including phenoxy) is 1. The Balaban J connectivity index is 2.47. The number of nitrogens with zero attached hydrogens (tertiary/aromatic N) is 1. The molecular formula is C9H13NO. The molecule has 1 aliphatic rings. The number of allylic oxidation sites excluding steroid dienone is 1. The average Bonchev–Trinajstić information content (AvgIpc) is 2.06. The van der Waals surface area contributed by atoms with E-state index in [1.54, 1.807) is 6.08 Å². The van der Waals surface area contributed by atoms with Crippen LogP contribution in [0.25, 0.3) is 0 Å². The number of nitriles is 1. The topological polar surface area (TPSA) is 33.0 Å². The molecule has 0 spiro atoms. The molecule has 2 heteroatoms. The Morgan fingerprint density at radius 3 is 3.27 bits per heavy atom. The largest absolute Gasteiger partial charge is 0.378 e. The molecule has 0 aromatic heterocycles. The molecule has 0 aliphatic carbocycles. The van der Waals surface area contributed by atoms with Gasteiger partial charge in [-0.1, -0.05) is 12.5 Å². The summed E-state index contributed by atoms with van der Waals surface area (Å²) >= 11 is 0. The molecule has 0 aromatic rings. The van der Waals surface area contributed by atoms with Crippen molar-refractivity contribution in [2.75, 3.05) is 6.61 Å². The minimum absolute atomic E-state index is 0.350. The van der Waals surface area contributed by atoms with Gasteiger partial charge < -0.3 is 4.74 Å². The van der Waals surface area contributed by atoms with Crippen molar-refractivity contribution in [2.45, 2.75) is 32.3 Å². The average molecular weight is 151 g/mol. The zero-order chi connectivity index (χ0) is 8.10. The highest BCUT2D eigenvalue weighted by Crippen LogP contribution is 2.20. The van der Waals surface area contributed by atoms with E-state index in [0.29, 0.717) is 6.10 Å². The van der Waals surface area contributed by atoms with Gasteiger partial charge in [0, 0.05) is 6.08 Å². The van der Waals surface area contributed by atoms with Crippen LogP contribution in [-0.4, -0.2) is 12.7 Å². The van der Waals surface area contributed by atoms with E-state index in [4.69, 9.17) is 10.00 Å². The quantitative estimate of drug-likeness (QED) is 0.537. The van der Waals surface area contributed by atoms with Gasteiger partial charge in [0.15, 0.2) is 0 Å². The van der Waals surface area contributed by atoms with Crippen molar-refractivity contribution in [3.05, 3.63) is 11.6 Å². The molecule has 1 heterocycles. The van der Waals surface area contributed by atoms with Crippen molar-refractivity contribution in [3.8, 4) is 6.07 Å². The van der Waals surface area contributed by atoms with Gasteiger partial charge in [0.25, 0.3) is 0 Å². The summed E-state index contributed by atoms with van der Waals surface area (Å²) in [5.74, 6) is 0. The van der Waals surface area contributed by atoms with E-state index in [9.17, 15) is 0 Å². The summed E-state index contributed by atoms with van der Waals surface area (Å²) in [6, 6.07) is 2.06. The van der Waals surface area contributed by atoms with Crippen molar-refractivity contribution >= 4 is 0 Å². The van der Waals surface area contributed by atoms with Crippen molar-refractivity contribution in [1.29, 1.82) is 5.26 Å². The molecule has 1 unspecified atom stereocenters. The summed E-state index contributed by atoms with van der Waals surface area (Å²) < 4.78 is 5.45. The van der Waals surface area contributed by atoms with Gasteiger partial charge in [-0.25, -0.2) is 0 Å². The maximum atomic E-state index is 8.41. The van der Waals surface area contributed by atoms with Gasteiger partial charge >= 0.3 is 0 Å².